The van der Waals surface area contributed by atoms with Crippen molar-refractivity contribution >= 4 is 16.9 Å². The number of carbonyl (C=O) groups is 1. The first-order chi connectivity index (χ1) is 14.6. The smallest absolute Gasteiger partial charge is 0.223 e. The molecule has 156 valence electrons. The highest BCUT2D eigenvalue weighted by Crippen LogP contribution is 2.35. The first-order valence-corrected chi connectivity index (χ1v) is 11.4. The standard InChI is InChI=1S/C26H31N3O/c1-18(2)20-13-11-19(12-14-20)16-29-24-10-6-5-9-23(24)27-26(29)21-15-25(30)28(17-21)22-7-3-4-8-22/h5-6,9-14,18,21-22H,3-4,7-8,15-17H2,1-2H3. The Morgan fingerprint density at radius 3 is 2.50 bits per heavy atom. The molecule has 1 saturated heterocycles. The second-order valence-electron chi connectivity index (χ2n) is 9.33. The van der Waals surface area contributed by atoms with Crippen LogP contribution >= 0.6 is 0 Å². The predicted octanol–water partition coefficient (Wildman–Crippen LogP) is 5.47. The third-order valence-electron chi connectivity index (χ3n) is 6.96. The molecule has 2 aliphatic rings. The van der Waals surface area contributed by atoms with Gasteiger partial charge in [0.25, 0.3) is 0 Å². The fourth-order valence-corrected chi connectivity index (χ4v) is 5.24. The maximum atomic E-state index is 12.8. The van der Waals surface area contributed by atoms with Gasteiger partial charge in [0.2, 0.25) is 5.91 Å². The van der Waals surface area contributed by atoms with Crippen LogP contribution in [0.5, 0.6) is 0 Å². The lowest BCUT2D eigenvalue weighted by Gasteiger charge is -2.24. The van der Waals surface area contributed by atoms with E-state index in [0.717, 1.165) is 42.8 Å². The van der Waals surface area contributed by atoms with Crippen LogP contribution in [0.25, 0.3) is 11.0 Å². The Kier molecular flexibility index (Phi) is 5.10. The zero-order chi connectivity index (χ0) is 20.7. The van der Waals surface area contributed by atoms with E-state index in [4.69, 9.17) is 4.98 Å². The van der Waals surface area contributed by atoms with Gasteiger partial charge in [-0.3, -0.25) is 4.79 Å². The Morgan fingerprint density at radius 2 is 1.77 bits per heavy atom. The van der Waals surface area contributed by atoms with Gasteiger partial charge in [-0.05, 0) is 42.0 Å². The molecule has 0 radical (unpaired) electrons. The van der Waals surface area contributed by atoms with Crippen molar-refractivity contribution < 1.29 is 4.79 Å². The average Bonchev–Trinajstić information content (AvgIpc) is 3.47. The SMILES string of the molecule is CC(C)c1ccc(Cn2c(C3CC(=O)N(C4CCCC4)C3)nc3ccccc32)cc1. The van der Waals surface area contributed by atoms with Crippen molar-refractivity contribution in [2.75, 3.05) is 6.54 Å². The van der Waals surface area contributed by atoms with Gasteiger partial charge in [-0.15, -0.1) is 0 Å². The van der Waals surface area contributed by atoms with E-state index in [1.807, 2.05) is 6.07 Å². The van der Waals surface area contributed by atoms with Crippen LogP contribution in [-0.4, -0.2) is 32.9 Å². The van der Waals surface area contributed by atoms with Crippen LogP contribution in [0.2, 0.25) is 0 Å². The van der Waals surface area contributed by atoms with Crippen molar-refractivity contribution in [2.24, 2.45) is 0 Å². The number of fused-ring (bicyclic) bond motifs is 1. The van der Waals surface area contributed by atoms with Gasteiger partial charge in [-0.1, -0.05) is 63.1 Å². The number of nitrogens with zero attached hydrogens (tertiary/aromatic N) is 3. The van der Waals surface area contributed by atoms with Crippen LogP contribution in [0.1, 0.15) is 74.7 Å². The Morgan fingerprint density at radius 1 is 1.03 bits per heavy atom. The maximum Gasteiger partial charge on any atom is 0.223 e. The lowest BCUT2D eigenvalue weighted by atomic mass is 10.0. The van der Waals surface area contributed by atoms with Gasteiger partial charge in [0.05, 0.1) is 11.0 Å². The van der Waals surface area contributed by atoms with Gasteiger partial charge in [-0.25, -0.2) is 4.98 Å². The van der Waals surface area contributed by atoms with Gasteiger partial charge in [0, 0.05) is 31.5 Å². The number of imidazole rings is 1. The summed E-state index contributed by atoms with van der Waals surface area (Å²) in [7, 11) is 0. The number of benzene rings is 2. The number of amides is 1. The molecule has 4 nitrogen and oxygen atoms in total. The second kappa shape index (κ2) is 7.90. The Bertz CT molecular complexity index is 1040. The van der Waals surface area contributed by atoms with Crippen molar-refractivity contribution in [3.05, 3.63) is 65.5 Å². The minimum Gasteiger partial charge on any atom is -0.339 e. The molecule has 4 heteroatoms. The summed E-state index contributed by atoms with van der Waals surface area (Å²) in [5.41, 5.74) is 4.83. The summed E-state index contributed by atoms with van der Waals surface area (Å²) in [5.74, 6) is 2.10. The third-order valence-corrected chi connectivity index (χ3v) is 6.96. The normalized spacial score (nSPS) is 20.2. The summed E-state index contributed by atoms with van der Waals surface area (Å²) in [4.78, 5) is 20.0. The largest absolute Gasteiger partial charge is 0.339 e. The second-order valence-corrected chi connectivity index (χ2v) is 9.33. The number of likely N-dealkylation sites (tertiary alicyclic amines) is 1. The molecule has 1 amide bonds. The number of aromatic nitrogens is 2. The number of para-hydroxylation sites is 2. The molecule has 1 saturated carbocycles. The van der Waals surface area contributed by atoms with Crippen molar-refractivity contribution in [3.63, 3.8) is 0 Å². The summed E-state index contributed by atoms with van der Waals surface area (Å²) in [6.07, 6.45) is 5.42. The number of rotatable bonds is 5. The zero-order valence-corrected chi connectivity index (χ0v) is 18.1. The summed E-state index contributed by atoms with van der Waals surface area (Å²) in [6.45, 7) is 6.06. The molecule has 0 N–H and O–H groups in total. The van der Waals surface area contributed by atoms with Crippen molar-refractivity contribution in [1.82, 2.24) is 14.5 Å². The molecule has 1 aliphatic heterocycles. The quantitative estimate of drug-likeness (QED) is 0.569. The van der Waals surface area contributed by atoms with Crippen molar-refractivity contribution in [2.45, 2.75) is 70.4 Å². The van der Waals surface area contributed by atoms with Crippen molar-refractivity contribution in [3.8, 4) is 0 Å². The van der Waals surface area contributed by atoms with Gasteiger partial charge in [-0.2, -0.15) is 0 Å². The van der Waals surface area contributed by atoms with Gasteiger partial charge in [0.15, 0.2) is 0 Å². The van der Waals surface area contributed by atoms with E-state index < -0.39 is 0 Å². The highest BCUT2D eigenvalue weighted by molar-refractivity contribution is 5.81. The van der Waals surface area contributed by atoms with Crippen LogP contribution in [0, 0.1) is 0 Å². The Balaban J connectivity index is 1.47. The van der Waals surface area contributed by atoms with E-state index in [-0.39, 0.29) is 5.92 Å². The summed E-state index contributed by atoms with van der Waals surface area (Å²) in [6, 6.07) is 17.8. The topological polar surface area (TPSA) is 38.1 Å². The van der Waals surface area contributed by atoms with Gasteiger partial charge < -0.3 is 9.47 Å². The summed E-state index contributed by atoms with van der Waals surface area (Å²) in [5, 5.41) is 0. The molecule has 1 atom stereocenters. The molecule has 3 aromatic rings. The first-order valence-electron chi connectivity index (χ1n) is 11.4. The van der Waals surface area contributed by atoms with E-state index in [1.165, 1.54) is 24.0 Å². The van der Waals surface area contributed by atoms with Crippen LogP contribution in [0.15, 0.2) is 48.5 Å². The Labute approximate surface area is 178 Å². The monoisotopic (exact) mass is 401 g/mol. The molecule has 30 heavy (non-hydrogen) atoms. The minimum absolute atomic E-state index is 0.181. The van der Waals surface area contributed by atoms with E-state index in [9.17, 15) is 4.79 Å². The lowest BCUT2D eigenvalue weighted by Crippen LogP contribution is -2.34. The highest BCUT2D eigenvalue weighted by atomic mass is 16.2. The van der Waals surface area contributed by atoms with Gasteiger partial charge in [0.1, 0.15) is 5.82 Å². The molecule has 2 aromatic carbocycles. The van der Waals surface area contributed by atoms with Crippen LogP contribution < -0.4 is 0 Å². The van der Waals surface area contributed by atoms with E-state index >= 15 is 0 Å². The molecule has 0 bridgehead atoms. The number of hydrogen-bond acceptors (Lipinski definition) is 2. The molecule has 0 spiro atoms. The lowest BCUT2D eigenvalue weighted by molar-refractivity contribution is -0.129. The molecule has 1 aromatic heterocycles. The minimum atomic E-state index is 0.181. The number of carbonyl (C=O) groups excluding carboxylic acids is 1. The molecule has 1 unspecified atom stereocenters. The predicted molar refractivity (Wildman–Crippen MR) is 121 cm³/mol. The number of hydrogen-bond donors (Lipinski definition) is 0. The molecule has 1 aliphatic carbocycles. The van der Waals surface area contributed by atoms with Crippen molar-refractivity contribution in [1.29, 1.82) is 0 Å². The van der Waals surface area contributed by atoms with E-state index in [2.05, 4.69) is 65.8 Å². The maximum absolute atomic E-state index is 12.8. The summed E-state index contributed by atoms with van der Waals surface area (Å²) < 4.78 is 2.34. The Hall–Kier alpha value is -2.62. The van der Waals surface area contributed by atoms with Crippen LogP contribution in [-0.2, 0) is 11.3 Å². The molecule has 2 fully saturated rings. The van der Waals surface area contributed by atoms with E-state index in [0.29, 0.717) is 24.3 Å². The van der Waals surface area contributed by atoms with Crippen LogP contribution in [0.3, 0.4) is 0 Å². The first kappa shape index (κ1) is 19.3. The fraction of sp³-hybridized carbons (Fsp3) is 0.462. The van der Waals surface area contributed by atoms with E-state index in [1.54, 1.807) is 0 Å². The molecule has 5 rings (SSSR count). The summed E-state index contributed by atoms with van der Waals surface area (Å²) >= 11 is 0. The van der Waals surface area contributed by atoms with Gasteiger partial charge >= 0.3 is 0 Å². The van der Waals surface area contributed by atoms with Crippen LogP contribution in [0.4, 0.5) is 0 Å². The fourth-order valence-electron chi connectivity index (χ4n) is 5.24. The zero-order valence-electron chi connectivity index (χ0n) is 18.1. The third kappa shape index (κ3) is 3.53. The molecule has 2 heterocycles. The molecular formula is C26H31N3O. The molecular weight excluding hydrogens is 370 g/mol. The highest BCUT2D eigenvalue weighted by Gasteiger charge is 2.38. The average molecular weight is 402 g/mol.